The maximum Gasteiger partial charge on any atom is 0.136 e. The van der Waals surface area contributed by atoms with Crippen molar-refractivity contribution in [2.45, 2.75) is 19.8 Å². The topological polar surface area (TPSA) is 17.1 Å². The highest BCUT2D eigenvalue weighted by Gasteiger charge is 2.02. The molecule has 1 aromatic rings. The Morgan fingerprint density at radius 3 is 2.23 bits per heavy atom. The van der Waals surface area contributed by atoms with Crippen molar-refractivity contribution in [3.63, 3.8) is 0 Å². The number of hydrogen-bond acceptors (Lipinski definition) is 1. The summed E-state index contributed by atoms with van der Waals surface area (Å²) in [7, 11) is 0. The molecule has 0 radical (unpaired) electrons. The highest BCUT2D eigenvalue weighted by molar-refractivity contribution is 6.34. The number of benzene rings is 1. The lowest BCUT2D eigenvalue weighted by Gasteiger charge is -2.00. The average Bonchev–Trinajstić information content (AvgIpc) is 2.02. The van der Waals surface area contributed by atoms with E-state index in [1.807, 2.05) is 6.92 Å². The van der Waals surface area contributed by atoms with Crippen LogP contribution in [0.5, 0.6) is 0 Å². The largest absolute Gasteiger partial charge is 0.299 e. The molecule has 0 aliphatic rings. The minimum Gasteiger partial charge on any atom is -0.299 e. The molecular formula is C10H10Cl2O. The second kappa shape index (κ2) is 4.64. The van der Waals surface area contributed by atoms with Gasteiger partial charge in [0.15, 0.2) is 0 Å². The number of halogens is 2. The third-order valence-corrected chi connectivity index (χ3v) is 2.15. The lowest BCUT2D eigenvalue weighted by Crippen LogP contribution is -1.99. The van der Waals surface area contributed by atoms with Crippen molar-refractivity contribution in [2.24, 2.45) is 0 Å². The van der Waals surface area contributed by atoms with Gasteiger partial charge >= 0.3 is 0 Å². The van der Waals surface area contributed by atoms with Gasteiger partial charge in [-0.25, -0.2) is 0 Å². The van der Waals surface area contributed by atoms with E-state index >= 15 is 0 Å². The Labute approximate surface area is 87.7 Å². The molecule has 1 aromatic carbocycles. The number of hydrogen-bond donors (Lipinski definition) is 0. The van der Waals surface area contributed by atoms with Gasteiger partial charge in [-0.2, -0.15) is 0 Å². The van der Waals surface area contributed by atoms with Crippen molar-refractivity contribution in [1.82, 2.24) is 0 Å². The van der Waals surface area contributed by atoms with Crippen LogP contribution in [-0.2, 0) is 11.2 Å². The molecule has 3 heteroatoms. The molecule has 0 unspecified atom stereocenters. The van der Waals surface area contributed by atoms with E-state index < -0.39 is 0 Å². The fourth-order valence-corrected chi connectivity index (χ4v) is 1.64. The molecular weight excluding hydrogens is 207 g/mol. The van der Waals surface area contributed by atoms with E-state index in [9.17, 15) is 4.79 Å². The predicted octanol–water partition coefficient (Wildman–Crippen LogP) is 3.52. The van der Waals surface area contributed by atoms with Crippen LogP contribution >= 0.6 is 23.2 Å². The molecule has 0 aliphatic carbocycles. The maximum atomic E-state index is 11.1. The molecule has 1 rings (SSSR count). The Morgan fingerprint density at radius 1 is 1.23 bits per heavy atom. The van der Waals surface area contributed by atoms with Gasteiger partial charge in [0.05, 0.1) is 0 Å². The zero-order valence-corrected chi connectivity index (χ0v) is 8.82. The molecule has 0 fully saturated rings. The Hall–Kier alpha value is -0.530. The lowest BCUT2D eigenvalue weighted by molar-refractivity contribution is -0.118. The summed E-state index contributed by atoms with van der Waals surface area (Å²) >= 11 is 11.6. The van der Waals surface area contributed by atoms with Crippen molar-refractivity contribution in [3.8, 4) is 0 Å². The van der Waals surface area contributed by atoms with E-state index in [1.54, 1.807) is 18.2 Å². The second-order valence-corrected chi connectivity index (χ2v) is 3.72. The standard InChI is InChI=1S/C10H10Cl2O/c1-2-10(13)5-7-3-8(11)6-9(12)4-7/h3-4,6H,2,5H2,1H3. The number of ketones is 1. The minimum atomic E-state index is 0.193. The first-order valence-corrected chi connectivity index (χ1v) is 4.84. The van der Waals surface area contributed by atoms with E-state index in [0.29, 0.717) is 22.9 Å². The van der Waals surface area contributed by atoms with Crippen LogP contribution in [0.15, 0.2) is 18.2 Å². The number of Topliss-reactive ketones (excluding diaryl/α,β-unsaturated/α-hetero) is 1. The third kappa shape index (κ3) is 3.37. The molecule has 0 N–H and O–H groups in total. The number of rotatable bonds is 3. The fourth-order valence-electron chi connectivity index (χ4n) is 1.07. The quantitative estimate of drug-likeness (QED) is 0.756. The summed E-state index contributed by atoms with van der Waals surface area (Å²) in [5, 5.41) is 1.15. The van der Waals surface area contributed by atoms with Gasteiger partial charge in [0, 0.05) is 22.9 Å². The van der Waals surface area contributed by atoms with Gasteiger partial charge in [-0.15, -0.1) is 0 Å². The Kier molecular flexibility index (Phi) is 3.76. The van der Waals surface area contributed by atoms with Crippen molar-refractivity contribution >= 4 is 29.0 Å². The highest BCUT2D eigenvalue weighted by atomic mass is 35.5. The SMILES string of the molecule is CCC(=O)Cc1cc(Cl)cc(Cl)c1. The highest BCUT2D eigenvalue weighted by Crippen LogP contribution is 2.19. The Morgan fingerprint density at radius 2 is 1.77 bits per heavy atom. The van der Waals surface area contributed by atoms with Gasteiger partial charge in [0.1, 0.15) is 5.78 Å². The zero-order valence-electron chi connectivity index (χ0n) is 7.31. The number of carbonyl (C=O) groups excluding carboxylic acids is 1. The fraction of sp³-hybridized carbons (Fsp3) is 0.300. The van der Waals surface area contributed by atoms with Crippen LogP contribution in [0.4, 0.5) is 0 Å². The van der Waals surface area contributed by atoms with Gasteiger partial charge in [-0.1, -0.05) is 30.1 Å². The van der Waals surface area contributed by atoms with Gasteiger partial charge in [0.2, 0.25) is 0 Å². The van der Waals surface area contributed by atoms with Gasteiger partial charge in [-0.05, 0) is 23.8 Å². The smallest absolute Gasteiger partial charge is 0.136 e. The van der Waals surface area contributed by atoms with Crippen LogP contribution in [0, 0.1) is 0 Å². The molecule has 0 heterocycles. The Balaban J connectivity index is 2.83. The van der Waals surface area contributed by atoms with Crippen LogP contribution in [-0.4, -0.2) is 5.78 Å². The molecule has 0 aromatic heterocycles. The summed E-state index contributed by atoms with van der Waals surface area (Å²) < 4.78 is 0. The van der Waals surface area contributed by atoms with Crippen LogP contribution in [0.1, 0.15) is 18.9 Å². The van der Waals surface area contributed by atoms with Crippen LogP contribution < -0.4 is 0 Å². The second-order valence-electron chi connectivity index (χ2n) is 2.85. The van der Waals surface area contributed by atoms with E-state index in [0.717, 1.165) is 5.56 Å². The average molecular weight is 217 g/mol. The van der Waals surface area contributed by atoms with Crippen molar-refractivity contribution in [3.05, 3.63) is 33.8 Å². The van der Waals surface area contributed by atoms with Gasteiger partial charge in [-0.3, -0.25) is 4.79 Å². The maximum absolute atomic E-state index is 11.1. The van der Waals surface area contributed by atoms with Gasteiger partial charge < -0.3 is 0 Å². The summed E-state index contributed by atoms with van der Waals surface area (Å²) in [6.07, 6.45) is 0.959. The normalized spacial score (nSPS) is 10.1. The van der Waals surface area contributed by atoms with Crippen LogP contribution in [0.2, 0.25) is 10.0 Å². The molecule has 0 aliphatic heterocycles. The molecule has 0 saturated heterocycles. The summed E-state index contributed by atoms with van der Waals surface area (Å²) in [5.41, 5.74) is 0.879. The van der Waals surface area contributed by atoms with Crippen molar-refractivity contribution in [1.29, 1.82) is 0 Å². The summed E-state index contributed by atoms with van der Waals surface area (Å²) in [5.74, 6) is 0.193. The molecule has 0 spiro atoms. The van der Waals surface area contributed by atoms with E-state index in [4.69, 9.17) is 23.2 Å². The van der Waals surface area contributed by atoms with Crippen LogP contribution in [0.25, 0.3) is 0 Å². The zero-order chi connectivity index (χ0) is 9.84. The van der Waals surface area contributed by atoms with Gasteiger partial charge in [0.25, 0.3) is 0 Å². The molecule has 13 heavy (non-hydrogen) atoms. The summed E-state index contributed by atoms with van der Waals surface area (Å²) in [6.45, 7) is 1.84. The molecule has 0 bridgehead atoms. The molecule has 0 saturated carbocycles. The Bertz CT molecular complexity index is 300. The van der Waals surface area contributed by atoms with E-state index in [1.165, 1.54) is 0 Å². The van der Waals surface area contributed by atoms with Crippen molar-refractivity contribution in [2.75, 3.05) is 0 Å². The summed E-state index contributed by atoms with van der Waals surface area (Å²) in [4.78, 5) is 11.1. The van der Waals surface area contributed by atoms with E-state index in [-0.39, 0.29) is 5.78 Å². The number of carbonyl (C=O) groups is 1. The molecule has 0 amide bonds. The molecule has 70 valence electrons. The molecule has 0 atom stereocenters. The van der Waals surface area contributed by atoms with Crippen molar-refractivity contribution < 1.29 is 4.79 Å². The monoisotopic (exact) mass is 216 g/mol. The third-order valence-electron chi connectivity index (χ3n) is 1.72. The van der Waals surface area contributed by atoms with Crippen LogP contribution in [0.3, 0.4) is 0 Å². The lowest BCUT2D eigenvalue weighted by atomic mass is 10.1. The minimum absolute atomic E-state index is 0.193. The first-order valence-electron chi connectivity index (χ1n) is 4.08. The van der Waals surface area contributed by atoms with E-state index in [2.05, 4.69) is 0 Å². The first-order chi connectivity index (χ1) is 6.11. The first kappa shape index (κ1) is 10.6. The molecule has 1 nitrogen and oxygen atoms in total. The predicted molar refractivity (Wildman–Crippen MR) is 55.5 cm³/mol. The summed E-state index contributed by atoms with van der Waals surface area (Å²) in [6, 6.07) is 5.19.